The van der Waals surface area contributed by atoms with Gasteiger partial charge in [-0.1, -0.05) is 24.3 Å². The summed E-state index contributed by atoms with van der Waals surface area (Å²) in [5, 5.41) is 23.8. The molecule has 8 nitrogen and oxygen atoms in total. The molecule has 2 aliphatic rings. The highest BCUT2D eigenvalue weighted by molar-refractivity contribution is 5.83. The number of ether oxygens (including phenoxy) is 1. The summed E-state index contributed by atoms with van der Waals surface area (Å²) in [6, 6.07) is 8.59. The monoisotopic (exact) mass is 367 g/mol. The lowest BCUT2D eigenvalue weighted by molar-refractivity contribution is -0.0299. The van der Waals surface area contributed by atoms with Gasteiger partial charge in [0.15, 0.2) is 23.2 Å². The minimum Gasteiger partial charge on any atom is -0.388 e. The zero-order valence-corrected chi connectivity index (χ0v) is 14.9. The van der Waals surface area contributed by atoms with Crippen LogP contribution in [0.5, 0.6) is 0 Å². The molecule has 140 valence electrons. The number of rotatable bonds is 3. The van der Waals surface area contributed by atoms with Crippen LogP contribution in [-0.2, 0) is 11.2 Å². The number of nitrogens with zero attached hydrogens (tertiary/aromatic N) is 4. The number of hydrogen-bond acceptors (Lipinski definition) is 7. The van der Waals surface area contributed by atoms with Crippen molar-refractivity contribution in [3.63, 3.8) is 0 Å². The van der Waals surface area contributed by atoms with Crippen molar-refractivity contribution in [1.29, 1.82) is 0 Å². The Kier molecular flexibility index (Phi) is 3.85. The number of aryl methyl sites for hydroxylation is 1. The van der Waals surface area contributed by atoms with Crippen molar-refractivity contribution in [3.8, 4) is 0 Å². The van der Waals surface area contributed by atoms with E-state index >= 15 is 0 Å². The highest BCUT2D eigenvalue weighted by Gasteiger charge is 2.42. The third-order valence-electron chi connectivity index (χ3n) is 5.55. The normalized spacial score (nSPS) is 30.0. The highest BCUT2D eigenvalue weighted by Crippen LogP contribution is 2.35. The van der Waals surface area contributed by atoms with Gasteiger partial charge in [-0.05, 0) is 30.9 Å². The maximum Gasteiger partial charge on any atom is 0.167 e. The summed E-state index contributed by atoms with van der Waals surface area (Å²) in [6.45, 7) is 1.73. The van der Waals surface area contributed by atoms with Crippen LogP contribution in [0, 0.1) is 0 Å². The minimum absolute atomic E-state index is 0.180. The Morgan fingerprint density at radius 1 is 1.15 bits per heavy atom. The lowest BCUT2D eigenvalue weighted by atomic mass is 10.1. The molecule has 0 bridgehead atoms. The molecule has 0 spiro atoms. The van der Waals surface area contributed by atoms with Gasteiger partial charge >= 0.3 is 0 Å². The van der Waals surface area contributed by atoms with Gasteiger partial charge in [0, 0.05) is 0 Å². The van der Waals surface area contributed by atoms with E-state index in [0.29, 0.717) is 17.0 Å². The fourth-order valence-corrected chi connectivity index (χ4v) is 4.07. The van der Waals surface area contributed by atoms with E-state index in [0.717, 1.165) is 12.8 Å². The first-order valence-electron chi connectivity index (χ1n) is 9.17. The number of fused-ring (bicyclic) bond motifs is 2. The van der Waals surface area contributed by atoms with Crippen LogP contribution in [0.25, 0.3) is 11.2 Å². The molecule has 3 heterocycles. The second-order valence-electron chi connectivity index (χ2n) is 7.19. The standard InChI is InChI=1S/C19H21N5O3/c1-10-15(25)16(26)19(27-10)24-9-22-14-17(20-8-21-18(14)24)23-13-7-6-11-4-2-3-5-12(11)13/h2-5,8-10,13,15-16,19,25-26H,6-7H2,1H3,(H,20,21,23)/t10-,13+,15-,16-,19-/m1/s1. The molecule has 27 heavy (non-hydrogen) atoms. The molecule has 0 unspecified atom stereocenters. The summed E-state index contributed by atoms with van der Waals surface area (Å²) in [6.07, 6.45) is 1.92. The molecule has 1 saturated heterocycles. The van der Waals surface area contributed by atoms with E-state index in [2.05, 4.69) is 44.5 Å². The summed E-state index contributed by atoms with van der Waals surface area (Å²) < 4.78 is 7.36. The molecule has 1 fully saturated rings. The number of aliphatic hydroxyl groups is 2. The molecule has 0 amide bonds. The number of anilines is 1. The van der Waals surface area contributed by atoms with Crippen LogP contribution in [0.4, 0.5) is 5.82 Å². The van der Waals surface area contributed by atoms with Crippen molar-refractivity contribution in [1.82, 2.24) is 19.5 Å². The molecular weight excluding hydrogens is 346 g/mol. The van der Waals surface area contributed by atoms with E-state index in [4.69, 9.17) is 4.74 Å². The van der Waals surface area contributed by atoms with Crippen LogP contribution in [0.1, 0.15) is 36.7 Å². The second-order valence-corrected chi connectivity index (χ2v) is 7.19. The average molecular weight is 367 g/mol. The SMILES string of the molecule is C[C@H]1O[C@@H](n2cnc3c(N[C@H]4CCc5ccccc54)ncnc32)[C@H](O)[C@@H]1O. The fourth-order valence-electron chi connectivity index (χ4n) is 4.07. The third-order valence-corrected chi connectivity index (χ3v) is 5.55. The van der Waals surface area contributed by atoms with E-state index in [1.165, 1.54) is 17.5 Å². The number of imidazole rings is 1. The second kappa shape index (κ2) is 6.26. The number of nitrogens with one attached hydrogen (secondary N) is 1. The molecule has 2 aromatic heterocycles. The van der Waals surface area contributed by atoms with Gasteiger partial charge in [-0.25, -0.2) is 15.0 Å². The van der Waals surface area contributed by atoms with E-state index in [1.807, 2.05) is 0 Å². The highest BCUT2D eigenvalue weighted by atomic mass is 16.6. The Morgan fingerprint density at radius 3 is 2.81 bits per heavy atom. The van der Waals surface area contributed by atoms with Gasteiger partial charge in [-0.2, -0.15) is 0 Å². The van der Waals surface area contributed by atoms with Crippen molar-refractivity contribution in [2.75, 3.05) is 5.32 Å². The van der Waals surface area contributed by atoms with Gasteiger partial charge < -0.3 is 20.3 Å². The van der Waals surface area contributed by atoms with Crippen LogP contribution >= 0.6 is 0 Å². The smallest absolute Gasteiger partial charge is 0.167 e. The average Bonchev–Trinajstić information content (AvgIpc) is 3.36. The summed E-state index contributed by atoms with van der Waals surface area (Å²) in [5.74, 6) is 0.654. The van der Waals surface area contributed by atoms with Crippen LogP contribution < -0.4 is 5.32 Å². The Hall–Kier alpha value is -2.55. The summed E-state index contributed by atoms with van der Waals surface area (Å²) >= 11 is 0. The molecule has 8 heteroatoms. The summed E-state index contributed by atoms with van der Waals surface area (Å²) in [4.78, 5) is 13.2. The van der Waals surface area contributed by atoms with Crippen molar-refractivity contribution >= 4 is 17.0 Å². The molecule has 1 aliphatic heterocycles. The lowest BCUT2D eigenvalue weighted by Gasteiger charge is -2.17. The summed E-state index contributed by atoms with van der Waals surface area (Å²) in [7, 11) is 0. The number of hydrogen-bond donors (Lipinski definition) is 3. The molecule has 3 aromatic rings. The Balaban J connectivity index is 1.48. The predicted molar refractivity (Wildman–Crippen MR) is 98.0 cm³/mol. The van der Waals surface area contributed by atoms with Gasteiger partial charge in [0.1, 0.15) is 18.5 Å². The van der Waals surface area contributed by atoms with Crippen molar-refractivity contribution < 1.29 is 14.9 Å². The van der Waals surface area contributed by atoms with Crippen molar-refractivity contribution in [2.24, 2.45) is 0 Å². The zero-order chi connectivity index (χ0) is 18.5. The van der Waals surface area contributed by atoms with Gasteiger partial charge in [-0.15, -0.1) is 0 Å². The molecule has 5 atom stereocenters. The number of aromatic nitrogens is 4. The molecular formula is C19H21N5O3. The fraction of sp³-hybridized carbons (Fsp3) is 0.421. The number of benzene rings is 1. The van der Waals surface area contributed by atoms with E-state index < -0.39 is 24.5 Å². The first kappa shape index (κ1) is 16.6. The van der Waals surface area contributed by atoms with Crippen LogP contribution in [0.2, 0.25) is 0 Å². The van der Waals surface area contributed by atoms with Crippen molar-refractivity contribution in [3.05, 3.63) is 48.0 Å². The van der Waals surface area contributed by atoms with Gasteiger partial charge in [-0.3, -0.25) is 4.57 Å². The van der Waals surface area contributed by atoms with E-state index in [1.54, 1.807) is 17.8 Å². The third kappa shape index (κ3) is 2.60. The molecule has 0 saturated carbocycles. The van der Waals surface area contributed by atoms with Crippen molar-refractivity contribution in [2.45, 2.75) is 50.3 Å². The van der Waals surface area contributed by atoms with Gasteiger partial charge in [0.25, 0.3) is 0 Å². The first-order valence-corrected chi connectivity index (χ1v) is 9.17. The Bertz CT molecular complexity index is 990. The molecule has 5 rings (SSSR count). The molecule has 0 radical (unpaired) electrons. The largest absolute Gasteiger partial charge is 0.388 e. The Morgan fingerprint density at radius 2 is 2.00 bits per heavy atom. The summed E-state index contributed by atoms with van der Waals surface area (Å²) in [5.41, 5.74) is 3.82. The van der Waals surface area contributed by atoms with E-state index in [9.17, 15) is 10.2 Å². The van der Waals surface area contributed by atoms with Gasteiger partial charge in [0.05, 0.1) is 18.5 Å². The zero-order valence-electron chi connectivity index (χ0n) is 14.9. The predicted octanol–water partition coefficient (Wildman–Crippen LogP) is 1.56. The molecule has 3 N–H and O–H groups in total. The number of aliphatic hydroxyl groups excluding tert-OH is 2. The lowest BCUT2D eigenvalue weighted by Crippen LogP contribution is -2.30. The Labute approximate surface area is 155 Å². The first-order chi connectivity index (χ1) is 13.1. The van der Waals surface area contributed by atoms with Crippen LogP contribution in [-0.4, -0.2) is 48.0 Å². The topological polar surface area (TPSA) is 105 Å². The van der Waals surface area contributed by atoms with Crippen LogP contribution in [0.3, 0.4) is 0 Å². The maximum absolute atomic E-state index is 10.3. The van der Waals surface area contributed by atoms with E-state index in [-0.39, 0.29) is 6.04 Å². The molecule has 1 aromatic carbocycles. The van der Waals surface area contributed by atoms with Crippen LogP contribution in [0.15, 0.2) is 36.9 Å². The minimum atomic E-state index is -1.04. The quantitative estimate of drug-likeness (QED) is 0.645. The maximum atomic E-state index is 10.3. The molecule has 1 aliphatic carbocycles. The van der Waals surface area contributed by atoms with Gasteiger partial charge in [0.2, 0.25) is 0 Å².